The lowest BCUT2D eigenvalue weighted by molar-refractivity contribution is -0.127. The summed E-state index contributed by atoms with van der Waals surface area (Å²) in [4.78, 5) is 25.9. The van der Waals surface area contributed by atoms with Gasteiger partial charge in [0.2, 0.25) is 5.91 Å². The highest BCUT2D eigenvalue weighted by Gasteiger charge is 2.30. The molecule has 1 aliphatic heterocycles. The van der Waals surface area contributed by atoms with Gasteiger partial charge in [-0.15, -0.1) is 0 Å². The number of amides is 1. The first-order valence-electron chi connectivity index (χ1n) is 8.84. The third kappa shape index (κ3) is 6.28. The Bertz CT molecular complexity index is 626. The maximum absolute atomic E-state index is 12.1. The van der Waals surface area contributed by atoms with Gasteiger partial charge < -0.3 is 14.4 Å². The second kappa shape index (κ2) is 9.51. The van der Waals surface area contributed by atoms with Crippen LogP contribution in [0.25, 0.3) is 0 Å². The van der Waals surface area contributed by atoms with E-state index in [0.717, 1.165) is 12.8 Å². The van der Waals surface area contributed by atoms with Gasteiger partial charge in [-0.2, -0.15) is 0 Å². The Balaban J connectivity index is 1.80. The van der Waals surface area contributed by atoms with E-state index in [1.165, 1.54) is 12.3 Å². The number of rotatable bonds is 7. The van der Waals surface area contributed by atoms with Crippen LogP contribution in [0.15, 0.2) is 42.7 Å². The second-order valence-electron chi connectivity index (χ2n) is 6.44. The highest BCUT2D eigenvalue weighted by atomic mass is 16.5. The number of nitrogens with zero attached hydrogens (tertiary/aromatic N) is 1. The molecule has 4 radical (unpaired) electrons. The van der Waals surface area contributed by atoms with E-state index < -0.39 is 11.4 Å². The maximum Gasteiger partial charge on any atom is 0.337 e. The molecule has 134 valence electrons. The maximum atomic E-state index is 12.1. The molecule has 0 N–H and O–H groups in total. The zero-order chi connectivity index (χ0) is 19.0. The molecule has 1 saturated heterocycles. The molecule has 1 fully saturated rings. The third-order valence-corrected chi connectivity index (χ3v) is 4.30. The molecule has 26 heavy (non-hydrogen) atoms. The molecule has 0 unspecified atom stereocenters. The summed E-state index contributed by atoms with van der Waals surface area (Å²) < 4.78 is 10.3. The number of benzene rings is 1. The van der Waals surface area contributed by atoms with Crippen LogP contribution in [-0.2, 0) is 14.3 Å². The van der Waals surface area contributed by atoms with Gasteiger partial charge in [0.15, 0.2) is 0 Å². The lowest BCUT2D eigenvalue weighted by atomic mass is 9.60. The van der Waals surface area contributed by atoms with Crippen LogP contribution in [-0.4, -0.2) is 57.6 Å². The van der Waals surface area contributed by atoms with Gasteiger partial charge in [-0.1, -0.05) is 18.2 Å². The van der Waals surface area contributed by atoms with Gasteiger partial charge >= 0.3 is 5.97 Å². The molecule has 1 amide bonds. The molecule has 0 saturated carbocycles. The zero-order valence-corrected chi connectivity index (χ0v) is 15.1. The van der Waals surface area contributed by atoms with Crippen molar-refractivity contribution >= 4 is 27.6 Å². The molecule has 5 nitrogen and oxygen atoms in total. The van der Waals surface area contributed by atoms with Crippen LogP contribution in [0, 0.1) is 5.92 Å². The Kier molecular flexibility index (Phi) is 7.37. The molecule has 0 aromatic heterocycles. The topological polar surface area (TPSA) is 55.8 Å². The molecule has 0 spiro atoms. The fraction of sp³-hybridized carbons (Fsp3) is 0.474. The summed E-state index contributed by atoms with van der Waals surface area (Å²) in [7, 11) is 12.0. The molecule has 0 aliphatic carbocycles. The van der Waals surface area contributed by atoms with Crippen molar-refractivity contribution in [2.24, 2.45) is 5.92 Å². The minimum Gasteiger partial charge on any atom is -0.501 e. The van der Waals surface area contributed by atoms with Crippen LogP contribution >= 0.6 is 0 Å². The van der Waals surface area contributed by atoms with Crippen molar-refractivity contribution in [1.82, 2.24) is 4.90 Å². The SMILES string of the molecule is [B]C([B])(CC1CCN(C(=O)/C=C/OCC)CC1)OC(=O)c1ccccc1. The summed E-state index contributed by atoms with van der Waals surface area (Å²) in [6, 6.07) is 8.61. The number of carbonyl (C=O) groups is 2. The van der Waals surface area contributed by atoms with Crippen LogP contribution in [0.1, 0.15) is 36.5 Å². The molecular weight excluding hydrogens is 328 g/mol. The van der Waals surface area contributed by atoms with Crippen LogP contribution in [0.3, 0.4) is 0 Å². The van der Waals surface area contributed by atoms with E-state index in [0.29, 0.717) is 31.7 Å². The quantitative estimate of drug-likeness (QED) is 0.327. The fourth-order valence-corrected chi connectivity index (χ4v) is 2.96. The van der Waals surface area contributed by atoms with Crippen LogP contribution in [0.4, 0.5) is 0 Å². The Morgan fingerprint density at radius 2 is 1.88 bits per heavy atom. The number of ether oxygens (including phenoxy) is 2. The molecule has 1 aromatic carbocycles. The lowest BCUT2D eigenvalue weighted by Gasteiger charge is -2.36. The van der Waals surface area contributed by atoms with Gasteiger partial charge in [0.25, 0.3) is 0 Å². The number of hydrogen-bond acceptors (Lipinski definition) is 4. The van der Waals surface area contributed by atoms with Crippen molar-refractivity contribution in [2.75, 3.05) is 19.7 Å². The fourth-order valence-electron chi connectivity index (χ4n) is 2.96. The molecule has 7 heteroatoms. The van der Waals surface area contributed by atoms with Crippen molar-refractivity contribution in [2.45, 2.75) is 31.6 Å². The number of esters is 1. The Morgan fingerprint density at radius 3 is 2.50 bits per heavy atom. The molecule has 1 aromatic rings. The molecule has 0 atom stereocenters. The predicted octanol–water partition coefficient (Wildman–Crippen LogP) is 2.01. The van der Waals surface area contributed by atoms with Crippen molar-refractivity contribution in [3.63, 3.8) is 0 Å². The van der Waals surface area contributed by atoms with Crippen molar-refractivity contribution < 1.29 is 19.1 Å². The predicted molar refractivity (Wildman–Crippen MR) is 101 cm³/mol. The van der Waals surface area contributed by atoms with Gasteiger partial charge in [-0.05, 0) is 44.2 Å². The van der Waals surface area contributed by atoms with Crippen molar-refractivity contribution in [3.8, 4) is 0 Å². The standard InChI is InChI=1S/C19H23B2NO4/c1-2-25-13-10-17(23)22-11-8-15(9-12-22)14-19(20,21)26-18(24)16-6-4-3-5-7-16/h3-7,10,13,15H,2,8-9,11-12,14H2,1H3/b13-10+. The number of piperidine rings is 1. The summed E-state index contributed by atoms with van der Waals surface area (Å²) in [5.74, 6) is -0.420. The van der Waals surface area contributed by atoms with Gasteiger partial charge in [-0.25, -0.2) is 4.79 Å². The van der Waals surface area contributed by atoms with E-state index in [9.17, 15) is 9.59 Å². The summed E-state index contributed by atoms with van der Waals surface area (Å²) in [6.45, 7) is 3.62. The molecule has 0 bridgehead atoms. The normalized spacial score (nSPS) is 15.8. The Labute approximate surface area is 157 Å². The first-order chi connectivity index (χ1) is 12.4. The van der Waals surface area contributed by atoms with Gasteiger partial charge in [0.05, 0.1) is 18.4 Å². The first-order valence-corrected chi connectivity index (χ1v) is 8.84. The van der Waals surface area contributed by atoms with Crippen LogP contribution in [0.2, 0.25) is 0 Å². The van der Waals surface area contributed by atoms with E-state index >= 15 is 0 Å². The van der Waals surface area contributed by atoms with Gasteiger partial charge in [0.1, 0.15) is 15.7 Å². The largest absolute Gasteiger partial charge is 0.501 e. The summed E-state index contributed by atoms with van der Waals surface area (Å²) in [5, 5.41) is -1.53. The monoisotopic (exact) mass is 351 g/mol. The van der Waals surface area contributed by atoms with E-state index in [1.807, 2.05) is 13.0 Å². The summed E-state index contributed by atoms with van der Waals surface area (Å²) >= 11 is 0. The number of hydrogen-bond donors (Lipinski definition) is 0. The van der Waals surface area contributed by atoms with Crippen molar-refractivity contribution in [3.05, 3.63) is 48.2 Å². The minimum atomic E-state index is -1.53. The van der Waals surface area contributed by atoms with E-state index in [-0.39, 0.29) is 11.8 Å². The minimum absolute atomic E-state index is 0.0702. The summed E-state index contributed by atoms with van der Waals surface area (Å²) in [6.07, 6.45) is 4.72. The summed E-state index contributed by atoms with van der Waals surface area (Å²) in [5.41, 5.74) is 0.411. The second-order valence-corrected chi connectivity index (χ2v) is 6.44. The average Bonchev–Trinajstić information content (AvgIpc) is 2.62. The molecule has 1 aliphatic rings. The third-order valence-electron chi connectivity index (χ3n) is 4.30. The van der Waals surface area contributed by atoms with Crippen molar-refractivity contribution in [1.29, 1.82) is 0 Å². The zero-order valence-electron chi connectivity index (χ0n) is 15.1. The lowest BCUT2D eigenvalue weighted by Crippen LogP contribution is -2.43. The van der Waals surface area contributed by atoms with E-state index in [1.54, 1.807) is 29.2 Å². The van der Waals surface area contributed by atoms with Gasteiger partial charge in [0, 0.05) is 24.6 Å². The smallest absolute Gasteiger partial charge is 0.337 e. The van der Waals surface area contributed by atoms with Crippen LogP contribution in [0.5, 0.6) is 0 Å². The number of likely N-dealkylation sites (tertiary alicyclic amines) is 1. The Morgan fingerprint density at radius 1 is 1.23 bits per heavy atom. The highest BCUT2D eigenvalue weighted by Crippen LogP contribution is 2.26. The van der Waals surface area contributed by atoms with E-state index in [4.69, 9.17) is 25.2 Å². The van der Waals surface area contributed by atoms with Crippen LogP contribution < -0.4 is 0 Å². The molecule has 1 heterocycles. The average molecular weight is 351 g/mol. The number of carbonyl (C=O) groups excluding carboxylic acids is 2. The molecular formula is C19H23B2NO4. The Hall–Kier alpha value is -2.17. The highest BCUT2D eigenvalue weighted by molar-refractivity contribution is 6.39. The van der Waals surface area contributed by atoms with Gasteiger partial charge in [-0.3, -0.25) is 4.79 Å². The first kappa shape index (κ1) is 20.1. The molecule has 2 rings (SSSR count). The van der Waals surface area contributed by atoms with E-state index in [2.05, 4.69) is 0 Å².